The van der Waals surface area contributed by atoms with Crippen LogP contribution >= 0.6 is 23.2 Å². The SMILES string of the molecule is CN1CCN(C(=O)/C(C#N)=C/c2ccc(-c3ccc(Cl)cc3Cl)o2)CC1. The molecule has 2 heterocycles. The van der Waals surface area contributed by atoms with Crippen molar-refractivity contribution in [1.82, 2.24) is 9.80 Å². The Hall–Kier alpha value is -2.26. The van der Waals surface area contributed by atoms with E-state index in [-0.39, 0.29) is 11.5 Å². The van der Waals surface area contributed by atoms with Gasteiger partial charge in [0, 0.05) is 42.8 Å². The highest BCUT2D eigenvalue weighted by Gasteiger charge is 2.22. The van der Waals surface area contributed by atoms with E-state index in [1.807, 2.05) is 13.1 Å². The van der Waals surface area contributed by atoms with Crippen molar-refractivity contribution in [1.29, 1.82) is 5.26 Å². The predicted octanol–water partition coefficient (Wildman–Crippen LogP) is 3.93. The van der Waals surface area contributed by atoms with E-state index in [1.54, 1.807) is 35.2 Å². The van der Waals surface area contributed by atoms with Crippen LogP contribution < -0.4 is 0 Å². The molecule has 0 unspecified atom stereocenters. The summed E-state index contributed by atoms with van der Waals surface area (Å²) in [6.07, 6.45) is 1.47. The summed E-state index contributed by atoms with van der Waals surface area (Å²) in [7, 11) is 2.01. The van der Waals surface area contributed by atoms with Crippen LogP contribution in [0.2, 0.25) is 10.0 Å². The van der Waals surface area contributed by atoms with Gasteiger partial charge in [-0.25, -0.2) is 0 Å². The average molecular weight is 390 g/mol. The Labute approximate surface area is 162 Å². The fourth-order valence-electron chi connectivity index (χ4n) is 2.73. The van der Waals surface area contributed by atoms with Crippen molar-refractivity contribution in [2.24, 2.45) is 0 Å². The lowest BCUT2D eigenvalue weighted by molar-refractivity contribution is -0.128. The van der Waals surface area contributed by atoms with Crippen LogP contribution in [0.15, 0.2) is 40.3 Å². The van der Waals surface area contributed by atoms with Crippen LogP contribution in [0.1, 0.15) is 5.76 Å². The summed E-state index contributed by atoms with van der Waals surface area (Å²) >= 11 is 12.1. The van der Waals surface area contributed by atoms with E-state index in [0.29, 0.717) is 40.2 Å². The van der Waals surface area contributed by atoms with Crippen LogP contribution in [0.25, 0.3) is 17.4 Å². The van der Waals surface area contributed by atoms with Gasteiger partial charge in [0.05, 0.1) is 5.02 Å². The molecule has 2 aromatic rings. The maximum Gasteiger partial charge on any atom is 0.264 e. The van der Waals surface area contributed by atoms with Crippen molar-refractivity contribution in [3.63, 3.8) is 0 Å². The van der Waals surface area contributed by atoms with E-state index < -0.39 is 0 Å². The fraction of sp³-hybridized carbons (Fsp3) is 0.263. The first kappa shape index (κ1) is 18.5. The molecule has 7 heteroatoms. The van der Waals surface area contributed by atoms with Crippen molar-refractivity contribution in [2.75, 3.05) is 33.2 Å². The molecule has 1 aromatic carbocycles. The van der Waals surface area contributed by atoms with E-state index in [9.17, 15) is 10.1 Å². The minimum Gasteiger partial charge on any atom is -0.457 e. The van der Waals surface area contributed by atoms with Crippen LogP contribution in [0.3, 0.4) is 0 Å². The van der Waals surface area contributed by atoms with Crippen molar-refractivity contribution >= 4 is 35.2 Å². The van der Waals surface area contributed by atoms with Crippen molar-refractivity contribution in [3.8, 4) is 17.4 Å². The maximum atomic E-state index is 12.5. The molecule has 0 aliphatic carbocycles. The van der Waals surface area contributed by atoms with Crippen molar-refractivity contribution in [3.05, 3.63) is 51.7 Å². The smallest absolute Gasteiger partial charge is 0.264 e. The normalized spacial score (nSPS) is 15.8. The van der Waals surface area contributed by atoms with Gasteiger partial charge < -0.3 is 14.2 Å². The first-order valence-corrected chi connectivity index (χ1v) is 8.88. The Bertz CT molecular complexity index is 890. The van der Waals surface area contributed by atoms with E-state index in [2.05, 4.69) is 4.90 Å². The zero-order chi connectivity index (χ0) is 18.7. The van der Waals surface area contributed by atoms with Gasteiger partial charge in [-0.2, -0.15) is 5.26 Å². The maximum absolute atomic E-state index is 12.5. The number of hydrogen-bond acceptors (Lipinski definition) is 4. The van der Waals surface area contributed by atoms with Crippen LogP contribution in [0.5, 0.6) is 0 Å². The largest absolute Gasteiger partial charge is 0.457 e. The molecule has 0 bridgehead atoms. The molecule has 1 saturated heterocycles. The molecule has 134 valence electrons. The van der Waals surface area contributed by atoms with E-state index >= 15 is 0 Å². The third-order valence-electron chi connectivity index (χ3n) is 4.25. The van der Waals surface area contributed by atoms with Gasteiger partial charge in [-0.15, -0.1) is 0 Å². The first-order chi connectivity index (χ1) is 12.5. The molecule has 1 aliphatic heterocycles. The van der Waals surface area contributed by atoms with Crippen molar-refractivity contribution in [2.45, 2.75) is 0 Å². The van der Waals surface area contributed by atoms with Gasteiger partial charge in [-0.1, -0.05) is 23.2 Å². The highest BCUT2D eigenvalue weighted by molar-refractivity contribution is 6.36. The quantitative estimate of drug-likeness (QED) is 0.589. The highest BCUT2D eigenvalue weighted by Crippen LogP contribution is 2.32. The van der Waals surface area contributed by atoms with Gasteiger partial charge in [0.2, 0.25) is 0 Å². The standard InChI is InChI=1S/C19H17Cl2N3O2/c1-23-6-8-24(9-7-23)19(25)13(12-22)10-15-3-5-18(26-15)16-4-2-14(20)11-17(16)21/h2-5,10-11H,6-9H2,1H3/b13-10+. The number of amides is 1. The molecular formula is C19H17Cl2N3O2. The lowest BCUT2D eigenvalue weighted by Gasteiger charge is -2.32. The number of furan rings is 1. The van der Waals surface area contributed by atoms with E-state index in [1.165, 1.54) is 6.08 Å². The number of nitrogens with zero attached hydrogens (tertiary/aromatic N) is 3. The van der Waals surface area contributed by atoms with Gasteiger partial charge in [-0.3, -0.25) is 4.79 Å². The summed E-state index contributed by atoms with van der Waals surface area (Å²) in [5.41, 5.74) is 0.747. The summed E-state index contributed by atoms with van der Waals surface area (Å²) in [5.74, 6) is 0.690. The molecule has 3 rings (SSSR count). The Morgan fingerprint density at radius 3 is 2.58 bits per heavy atom. The molecule has 5 nitrogen and oxygen atoms in total. The minimum absolute atomic E-state index is 0.0534. The Balaban J connectivity index is 1.81. The monoisotopic (exact) mass is 389 g/mol. The molecule has 26 heavy (non-hydrogen) atoms. The first-order valence-electron chi connectivity index (χ1n) is 8.13. The van der Waals surface area contributed by atoms with Gasteiger partial charge in [0.1, 0.15) is 23.2 Å². The number of benzene rings is 1. The lowest BCUT2D eigenvalue weighted by Crippen LogP contribution is -2.47. The number of piperazine rings is 1. The van der Waals surface area contributed by atoms with Gasteiger partial charge in [0.15, 0.2) is 0 Å². The lowest BCUT2D eigenvalue weighted by atomic mass is 10.2. The Morgan fingerprint density at radius 2 is 1.92 bits per heavy atom. The van der Waals surface area contributed by atoms with E-state index in [4.69, 9.17) is 27.6 Å². The predicted molar refractivity (Wildman–Crippen MR) is 102 cm³/mol. The molecule has 0 saturated carbocycles. The van der Waals surface area contributed by atoms with Crippen LogP contribution in [-0.4, -0.2) is 48.9 Å². The Morgan fingerprint density at radius 1 is 1.19 bits per heavy atom. The number of carbonyl (C=O) groups is 1. The minimum atomic E-state index is -0.275. The number of nitriles is 1. The molecule has 1 aliphatic rings. The third-order valence-corrected chi connectivity index (χ3v) is 4.80. The van der Waals surface area contributed by atoms with Crippen LogP contribution in [0.4, 0.5) is 0 Å². The number of rotatable bonds is 3. The second-order valence-corrected chi connectivity index (χ2v) is 6.94. The molecule has 1 fully saturated rings. The molecule has 1 amide bonds. The molecule has 0 spiro atoms. The van der Waals surface area contributed by atoms with Gasteiger partial charge >= 0.3 is 0 Å². The summed E-state index contributed by atoms with van der Waals surface area (Å²) < 4.78 is 5.74. The molecular weight excluding hydrogens is 373 g/mol. The highest BCUT2D eigenvalue weighted by atomic mass is 35.5. The van der Waals surface area contributed by atoms with Crippen LogP contribution in [0, 0.1) is 11.3 Å². The van der Waals surface area contributed by atoms with E-state index in [0.717, 1.165) is 13.1 Å². The average Bonchev–Trinajstić information content (AvgIpc) is 3.08. The molecule has 1 aromatic heterocycles. The zero-order valence-electron chi connectivity index (χ0n) is 14.2. The molecule has 0 atom stereocenters. The number of halogens is 2. The summed E-state index contributed by atoms with van der Waals surface area (Å²) in [6.45, 7) is 2.81. The second kappa shape index (κ2) is 7.96. The zero-order valence-corrected chi connectivity index (χ0v) is 15.7. The Kier molecular flexibility index (Phi) is 5.67. The summed E-state index contributed by atoms with van der Waals surface area (Å²) in [6, 6.07) is 10.5. The topological polar surface area (TPSA) is 60.5 Å². The third kappa shape index (κ3) is 4.10. The van der Waals surface area contributed by atoms with Gasteiger partial charge in [0.25, 0.3) is 5.91 Å². The molecule has 0 radical (unpaired) electrons. The fourth-order valence-corrected chi connectivity index (χ4v) is 3.23. The summed E-state index contributed by atoms with van der Waals surface area (Å²) in [5, 5.41) is 10.4. The van der Waals surface area contributed by atoms with Gasteiger partial charge in [-0.05, 0) is 37.4 Å². The second-order valence-electron chi connectivity index (χ2n) is 6.09. The number of likely N-dealkylation sites (N-methyl/N-ethyl adjacent to an activating group) is 1. The van der Waals surface area contributed by atoms with Crippen molar-refractivity contribution < 1.29 is 9.21 Å². The number of carbonyl (C=O) groups excluding carboxylic acids is 1. The van der Waals surface area contributed by atoms with Crippen LogP contribution in [-0.2, 0) is 4.79 Å². The number of hydrogen-bond donors (Lipinski definition) is 0. The molecule has 0 N–H and O–H groups in total. The summed E-state index contributed by atoms with van der Waals surface area (Å²) in [4.78, 5) is 16.4.